The summed E-state index contributed by atoms with van der Waals surface area (Å²) in [6, 6.07) is 16.1. The number of phenolic OH excluding ortho intramolecular Hbond substituents is 1. The van der Waals surface area contributed by atoms with Gasteiger partial charge in [-0.2, -0.15) is 0 Å². The van der Waals surface area contributed by atoms with E-state index in [0.29, 0.717) is 13.1 Å². The van der Waals surface area contributed by atoms with Crippen LogP contribution in [0, 0.1) is 0 Å². The maximum absolute atomic E-state index is 12.2. The number of urea groups is 1. The molecule has 0 aromatic heterocycles. The van der Waals surface area contributed by atoms with E-state index in [1.807, 2.05) is 30.3 Å². The Morgan fingerprint density at radius 2 is 1.68 bits per heavy atom. The Bertz CT molecular complexity index is 585. The SMILES string of the molecule is O=C(NCc1ccc(O)cc1)N(CCO)Cc1ccccc1. The smallest absolute Gasteiger partial charge is 0.318 e. The number of carbonyl (C=O) groups excluding carboxylic acids is 1. The van der Waals surface area contributed by atoms with Crippen molar-refractivity contribution in [2.75, 3.05) is 13.2 Å². The van der Waals surface area contributed by atoms with Gasteiger partial charge in [-0.15, -0.1) is 0 Å². The first-order valence-corrected chi connectivity index (χ1v) is 7.14. The number of nitrogens with one attached hydrogen (secondary N) is 1. The van der Waals surface area contributed by atoms with Gasteiger partial charge in [-0.1, -0.05) is 42.5 Å². The van der Waals surface area contributed by atoms with Gasteiger partial charge in [-0.3, -0.25) is 0 Å². The lowest BCUT2D eigenvalue weighted by atomic mass is 10.2. The molecule has 0 aliphatic carbocycles. The molecule has 0 aliphatic heterocycles. The Morgan fingerprint density at radius 3 is 2.32 bits per heavy atom. The molecule has 5 nitrogen and oxygen atoms in total. The first kappa shape index (κ1) is 15.9. The summed E-state index contributed by atoms with van der Waals surface area (Å²) >= 11 is 0. The quantitative estimate of drug-likeness (QED) is 0.765. The first-order valence-electron chi connectivity index (χ1n) is 7.14. The number of rotatable bonds is 6. The van der Waals surface area contributed by atoms with E-state index in [0.717, 1.165) is 11.1 Å². The van der Waals surface area contributed by atoms with Crippen LogP contribution in [0.1, 0.15) is 11.1 Å². The molecule has 2 aromatic rings. The molecule has 0 atom stereocenters. The van der Waals surface area contributed by atoms with Crippen LogP contribution in [0.5, 0.6) is 5.75 Å². The highest BCUT2D eigenvalue weighted by Gasteiger charge is 2.13. The highest BCUT2D eigenvalue weighted by molar-refractivity contribution is 5.74. The fourth-order valence-electron chi connectivity index (χ4n) is 2.08. The predicted octanol–water partition coefficient (Wildman–Crippen LogP) is 2.10. The molecule has 2 rings (SSSR count). The summed E-state index contributed by atoms with van der Waals surface area (Å²) in [4.78, 5) is 13.8. The van der Waals surface area contributed by atoms with Crippen molar-refractivity contribution < 1.29 is 15.0 Å². The standard InChI is InChI=1S/C17H20N2O3/c20-11-10-19(13-15-4-2-1-3-5-15)17(22)18-12-14-6-8-16(21)9-7-14/h1-9,20-21H,10-13H2,(H,18,22). The van der Waals surface area contributed by atoms with Crippen molar-refractivity contribution >= 4 is 6.03 Å². The third kappa shape index (κ3) is 4.79. The van der Waals surface area contributed by atoms with Gasteiger partial charge in [0.2, 0.25) is 0 Å². The highest BCUT2D eigenvalue weighted by atomic mass is 16.3. The van der Waals surface area contributed by atoms with Crippen LogP contribution >= 0.6 is 0 Å². The normalized spacial score (nSPS) is 10.2. The fourth-order valence-corrected chi connectivity index (χ4v) is 2.08. The third-order valence-corrected chi connectivity index (χ3v) is 3.25. The zero-order chi connectivity index (χ0) is 15.8. The third-order valence-electron chi connectivity index (χ3n) is 3.25. The number of aliphatic hydroxyl groups excluding tert-OH is 1. The number of hydrogen-bond acceptors (Lipinski definition) is 3. The largest absolute Gasteiger partial charge is 0.508 e. The Hall–Kier alpha value is -2.53. The molecule has 2 amide bonds. The molecule has 0 aliphatic rings. The average Bonchev–Trinajstić information content (AvgIpc) is 2.54. The summed E-state index contributed by atoms with van der Waals surface area (Å²) in [6.07, 6.45) is 0. The van der Waals surface area contributed by atoms with E-state index in [1.54, 1.807) is 29.2 Å². The second-order valence-corrected chi connectivity index (χ2v) is 4.96. The molecule has 0 heterocycles. The van der Waals surface area contributed by atoms with Crippen LogP contribution in [0.3, 0.4) is 0 Å². The van der Waals surface area contributed by atoms with Gasteiger partial charge < -0.3 is 20.4 Å². The number of aliphatic hydroxyl groups is 1. The summed E-state index contributed by atoms with van der Waals surface area (Å²) < 4.78 is 0. The second-order valence-electron chi connectivity index (χ2n) is 4.96. The van der Waals surface area contributed by atoms with Gasteiger partial charge in [0.1, 0.15) is 5.75 Å². The molecular weight excluding hydrogens is 280 g/mol. The van der Waals surface area contributed by atoms with E-state index >= 15 is 0 Å². The summed E-state index contributed by atoms with van der Waals surface area (Å²) in [5, 5.41) is 21.2. The van der Waals surface area contributed by atoms with Gasteiger partial charge in [0.15, 0.2) is 0 Å². The minimum absolute atomic E-state index is 0.0839. The van der Waals surface area contributed by atoms with Crippen LogP contribution in [0.25, 0.3) is 0 Å². The van der Waals surface area contributed by atoms with E-state index in [2.05, 4.69) is 5.32 Å². The van der Waals surface area contributed by atoms with Gasteiger partial charge in [0.25, 0.3) is 0 Å². The highest BCUT2D eigenvalue weighted by Crippen LogP contribution is 2.10. The van der Waals surface area contributed by atoms with Crippen molar-refractivity contribution in [2.45, 2.75) is 13.1 Å². The number of carbonyl (C=O) groups is 1. The van der Waals surface area contributed by atoms with Crippen molar-refractivity contribution in [3.05, 3.63) is 65.7 Å². The zero-order valence-electron chi connectivity index (χ0n) is 12.3. The molecule has 0 fully saturated rings. The van der Waals surface area contributed by atoms with E-state index in [-0.39, 0.29) is 24.9 Å². The molecule has 22 heavy (non-hydrogen) atoms. The van der Waals surface area contributed by atoms with Crippen LogP contribution in [-0.4, -0.2) is 34.3 Å². The molecule has 0 saturated heterocycles. The van der Waals surface area contributed by atoms with Crippen LogP contribution in [0.2, 0.25) is 0 Å². The maximum atomic E-state index is 12.2. The van der Waals surface area contributed by atoms with Gasteiger partial charge in [0.05, 0.1) is 6.61 Å². The van der Waals surface area contributed by atoms with Gasteiger partial charge in [-0.25, -0.2) is 4.79 Å². The molecule has 116 valence electrons. The van der Waals surface area contributed by atoms with Crippen LogP contribution < -0.4 is 5.32 Å². The maximum Gasteiger partial charge on any atom is 0.318 e. The van der Waals surface area contributed by atoms with E-state index in [4.69, 9.17) is 5.11 Å². The van der Waals surface area contributed by atoms with Crippen LogP contribution in [-0.2, 0) is 13.1 Å². The molecular formula is C17H20N2O3. The number of aromatic hydroxyl groups is 1. The van der Waals surface area contributed by atoms with E-state index in [1.165, 1.54) is 0 Å². The summed E-state index contributed by atoms with van der Waals surface area (Å²) in [6.45, 7) is 1.01. The first-order chi connectivity index (χ1) is 10.7. The molecule has 0 spiro atoms. The van der Waals surface area contributed by atoms with Crippen molar-refractivity contribution in [3.63, 3.8) is 0 Å². The molecule has 0 saturated carbocycles. The summed E-state index contributed by atoms with van der Waals surface area (Å²) in [5.41, 5.74) is 1.91. The number of phenols is 1. The molecule has 0 radical (unpaired) electrons. The Labute approximate surface area is 129 Å². The van der Waals surface area contributed by atoms with Crippen molar-refractivity contribution in [1.82, 2.24) is 10.2 Å². The monoisotopic (exact) mass is 300 g/mol. The van der Waals surface area contributed by atoms with Crippen molar-refractivity contribution in [1.29, 1.82) is 0 Å². The minimum Gasteiger partial charge on any atom is -0.508 e. The number of amides is 2. The minimum atomic E-state index is -0.231. The predicted molar refractivity (Wildman–Crippen MR) is 84.3 cm³/mol. The van der Waals surface area contributed by atoms with Crippen LogP contribution in [0.4, 0.5) is 4.79 Å². The topological polar surface area (TPSA) is 72.8 Å². The number of hydrogen-bond donors (Lipinski definition) is 3. The van der Waals surface area contributed by atoms with Gasteiger partial charge in [-0.05, 0) is 23.3 Å². The fraction of sp³-hybridized carbons (Fsp3) is 0.235. The van der Waals surface area contributed by atoms with Crippen molar-refractivity contribution in [2.24, 2.45) is 0 Å². The Kier molecular flexibility index (Phi) is 5.80. The summed E-state index contributed by atoms with van der Waals surface area (Å²) in [5.74, 6) is 0.195. The molecule has 0 unspecified atom stereocenters. The lowest BCUT2D eigenvalue weighted by molar-refractivity contribution is 0.173. The van der Waals surface area contributed by atoms with E-state index in [9.17, 15) is 9.90 Å². The van der Waals surface area contributed by atoms with Gasteiger partial charge in [0, 0.05) is 19.6 Å². The Balaban J connectivity index is 1.93. The average molecular weight is 300 g/mol. The summed E-state index contributed by atoms with van der Waals surface area (Å²) in [7, 11) is 0. The zero-order valence-corrected chi connectivity index (χ0v) is 12.3. The second kappa shape index (κ2) is 8.05. The van der Waals surface area contributed by atoms with Crippen molar-refractivity contribution in [3.8, 4) is 5.75 Å². The molecule has 0 bridgehead atoms. The Morgan fingerprint density at radius 1 is 1.00 bits per heavy atom. The molecule has 3 N–H and O–H groups in total. The number of nitrogens with zero attached hydrogens (tertiary/aromatic N) is 1. The van der Waals surface area contributed by atoms with Gasteiger partial charge >= 0.3 is 6.03 Å². The lowest BCUT2D eigenvalue weighted by Gasteiger charge is -2.22. The molecule has 5 heteroatoms. The molecule has 2 aromatic carbocycles. The van der Waals surface area contributed by atoms with Crippen LogP contribution in [0.15, 0.2) is 54.6 Å². The van der Waals surface area contributed by atoms with E-state index < -0.39 is 0 Å². The lowest BCUT2D eigenvalue weighted by Crippen LogP contribution is -2.40. The number of benzene rings is 2.